The summed E-state index contributed by atoms with van der Waals surface area (Å²) >= 11 is 1.34. The highest BCUT2D eigenvalue weighted by molar-refractivity contribution is 8.00. The number of thioether (sulfide) groups is 1. The third-order valence-corrected chi connectivity index (χ3v) is 6.57. The lowest BCUT2D eigenvalue weighted by atomic mass is 10.2. The number of amides is 1. The summed E-state index contributed by atoms with van der Waals surface area (Å²) in [6.07, 6.45) is 2.17. The first kappa shape index (κ1) is 22.0. The Kier molecular flexibility index (Phi) is 7.09. The molecule has 2 aliphatic heterocycles. The van der Waals surface area contributed by atoms with Crippen molar-refractivity contribution in [2.45, 2.75) is 49.7 Å². The molecular weight excluding hydrogens is 421 g/mol. The van der Waals surface area contributed by atoms with Crippen molar-refractivity contribution in [2.75, 3.05) is 43.1 Å². The van der Waals surface area contributed by atoms with Crippen LogP contribution in [0.2, 0.25) is 0 Å². The first-order valence-electron chi connectivity index (χ1n) is 10.6. The molecule has 0 radical (unpaired) electrons. The van der Waals surface area contributed by atoms with Crippen LogP contribution in [0.3, 0.4) is 0 Å². The molecule has 2 atom stereocenters. The number of nitrogens with one attached hydrogen (secondary N) is 1. The molecule has 0 spiro atoms. The lowest BCUT2D eigenvalue weighted by Crippen LogP contribution is -2.38. The Morgan fingerprint density at radius 1 is 1.32 bits per heavy atom. The average molecular weight is 450 g/mol. The number of halogens is 1. The van der Waals surface area contributed by atoms with Gasteiger partial charge in [0.1, 0.15) is 5.82 Å². The van der Waals surface area contributed by atoms with E-state index in [1.54, 1.807) is 19.1 Å². The van der Waals surface area contributed by atoms with Crippen LogP contribution < -0.4 is 10.2 Å². The van der Waals surface area contributed by atoms with Crippen molar-refractivity contribution in [3.63, 3.8) is 0 Å². The van der Waals surface area contributed by atoms with Crippen molar-refractivity contribution in [3.8, 4) is 0 Å². The largest absolute Gasteiger partial charge is 0.378 e. The third-order valence-electron chi connectivity index (χ3n) is 5.49. The monoisotopic (exact) mass is 449 g/mol. The van der Waals surface area contributed by atoms with Gasteiger partial charge in [0.05, 0.1) is 31.1 Å². The highest BCUT2D eigenvalue weighted by Gasteiger charge is 2.27. The number of morpholine rings is 1. The van der Waals surface area contributed by atoms with E-state index in [9.17, 15) is 9.18 Å². The van der Waals surface area contributed by atoms with Crippen LogP contribution >= 0.6 is 11.8 Å². The zero-order valence-corrected chi connectivity index (χ0v) is 18.7. The summed E-state index contributed by atoms with van der Waals surface area (Å²) in [6, 6.07) is 4.68. The Bertz CT molecular complexity index is 912. The van der Waals surface area contributed by atoms with E-state index >= 15 is 0 Å². The molecule has 8 nitrogen and oxygen atoms in total. The minimum atomic E-state index is -0.436. The molecule has 168 valence electrons. The van der Waals surface area contributed by atoms with Crippen LogP contribution in [-0.2, 0) is 20.8 Å². The highest BCUT2D eigenvalue weighted by Crippen LogP contribution is 2.29. The fourth-order valence-electron chi connectivity index (χ4n) is 3.64. The highest BCUT2D eigenvalue weighted by atomic mass is 32.2. The Labute approximate surface area is 185 Å². The first-order valence-corrected chi connectivity index (χ1v) is 11.5. The Balaban J connectivity index is 1.48. The third kappa shape index (κ3) is 5.36. The number of carbonyl (C=O) groups is 1. The maximum Gasteiger partial charge on any atom is 0.237 e. The van der Waals surface area contributed by atoms with Gasteiger partial charge < -0.3 is 19.7 Å². The van der Waals surface area contributed by atoms with Crippen LogP contribution in [0.15, 0.2) is 23.4 Å². The molecular formula is C21H28FN5O3S. The topological polar surface area (TPSA) is 81.5 Å². The molecule has 1 amide bonds. The van der Waals surface area contributed by atoms with Gasteiger partial charge in [-0.05, 0) is 44.4 Å². The molecule has 0 bridgehead atoms. The number of aryl methyl sites for hydroxylation is 1. The van der Waals surface area contributed by atoms with E-state index < -0.39 is 5.25 Å². The molecule has 4 rings (SSSR count). The van der Waals surface area contributed by atoms with Gasteiger partial charge in [-0.25, -0.2) is 4.39 Å². The van der Waals surface area contributed by atoms with E-state index in [1.807, 2.05) is 6.92 Å². The van der Waals surface area contributed by atoms with Gasteiger partial charge in [-0.3, -0.25) is 9.36 Å². The van der Waals surface area contributed by atoms with Crippen molar-refractivity contribution in [3.05, 3.63) is 29.6 Å². The molecule has 3 heterocycles. The molecule has 1 N–H and O–H groups in total. The maximum absolute atomic E-state index is 13.8. The molecule has 2 aliphatic rings. The minimum absolute atomic E-state index is 0.120. The fraction of sp³-hybridized carbons (Fsp3) is 0.571. The SMILES string of the molecule is Cc1ccc(NC(=O)[C@@H](C)Sc2nnc(N3CCOCC3)n2C[C@H]2CCCO2)cc1F. The molecule has 2 saturated heterocycles. The smallest absolute Gasteiger partial charge is 0.237 e. The van der Waals surface area contributed by atoms with Crippen molar-refractivity contribution in [1.29, 1.82) is 0 Å². The minimum Gasteiger partial charge on any atom is -0.378 e. The lowest BCUT2D eigenvalue weighted by molar-refractivity contribution is -0.115. The van der Waals surface area contributed by atoms with Gasteiger partial charge in [-0.1, -0.05) is 17.8 Å². The summed E-state index contributed by atoms with van der Waals surface area (Å²) in [5.74, 6) is 0.229. The second-order valence-electron chi connectivity index (χ2n) is 7.84. The molecule has 0 unspecified atom stereocenters. The lowest BCUT2D eigenvalue weighted by Gasteiger charge is -2.28. The van der Waals surface area contributed by atoms with Crippen molar-refractivity contribution < 1.29 is 18.7 Å². The standard InChI is InChI=1S/C21H28FN5O3S/c1-14-5-6-16(12-18(14)22)23-19(28)15(2)31-21-25-24-20(26-7-10-29-11-8-26)27(21)13-17-4-3-9-30-17/h5-6,12,15,17H,3-4,7-11,13H2,1-2H3,(H,23,28)/t15-,17-/m1/s1. The molecule has 10 heteroatoms. The fourth-order valence-corrected chi connectivity index (χ4v) is 4.50. The normalized spacial score (nSPS) is 20.1. The van der Waals surface area contributed by atoms with E-state index in [0.29, 0.717) is 36.2 Å². The molecule has 2 aromatic rings. The molecule has 0 aliphatic carbocycles. The number of hydrogen-bond acceptors (Lipinski definition) is 7. The molecule has 1 aromatic heterocycles. The van der Waals surface area contributed by atoms with E-state index in [0.717, 1.165) is 38.5 Å². The average Bonchev–Trinajstić information content (AvgIpc) is 3.42. The van der Waals surface area contributed by atoms with Crippen LogP contribution in [0, 0.1) is 12.7 Å². The number of hydrogen-bond donors (Lipinski definition) is 1. The van der Waals surface area contributed by atoms with Gasteiger partial charge in [-0.2, -0.15) is 0 Å². The van der Waals surface area contributed by atoms with Gasteiger partial charge in [0.2, 0.25) is 11.9 Å². The zero-order valence-electron chi connectivity index (χ0n) is 17.8. The summed E-state index contributed by atoms with van der Waals surface area (Å²) in [6.45, 7) is 7.74. The quantitative estimate of drug-likeness (QED) is 0.651. The second-order valence-corrected chi connectivity index (χ2v) is 9.15. The summed E-state index contributed by atoms with van der Waals surface area (Å²) in [7, 11) is 0. The summed E-state index contributed by atoms with van der Waals surface area (Å²) in [4.78, 5) is 14.9. The van der Waals surface area contributed by atoms with Crippen LogP contribution in [0.4, 0.5) is 16.0 Å². The van der Waals surface area contributed by atoms with Gasteiger partial charge in [-0.15, -0.1) is 10.2 Å². The Morgan fingerprint density at radius 3 is 2.84 bits per heavy atom. The summed E-state index contributed by atoms with van der Waals surface area (Å²) in [5, 5.41) is 11.8. The van der Waals surface area contributed by atoms with E-state index in [2.05, 4.69) is 25.0 Å². The first-order chi connectivity index (χ1) is 15.0. The number of benzene rings is 1. The molecule has 0 saturated carbocycles. The Hall–Kier alpha value is -2.17. The molecule has 31 heavy (non-hydrogen) atoms. The second kappa shape index (κ2) is 9.97. The number of anilines is 2. The maximum atomic E-state index is 13.8. The number of nitrogens with zero attached hydrogens (tertiary/aromatic N) is 4. The van der Waals surface area contributed by atoms with E-state index in [4.69, 9.17) is 9.47 Å². The predicted molar refractivity (Wildman–Crippen MR) is 117 cm³/mol. The number of carbonyl (C=O) groups excluding carboxylic acids is 1. The number of ether oxygens (including phenoxy) is 2. The Morgan fingerprint density at radius 2 is 2.13 bits per heavy atom. The van der Waals surface area contributed by atoms with Crippen LogP contribution in [0.5, 0.6) is 0 Å². The molecule has 2 fully saturated rings. The number of rotatable bonds is 7. The zero-order chi connectivity index (χ0) is 21.8. The summed E-state index contributed by atoms with van der Waals surface area (Å²) in [5.41, 5.74) is 0.980. The van der Waals surface area contributed by atoms with Crippen LogP contribution in [0.1, 0.15) is 25.3 Å². The van der Waals surface area contributed by atoms with E-state index in [1.165, 1.54) is 17.8 Å². The van der Waals surface area contributed by atoms with Gasteiger partial charge in [0.15, 0.2) is 5.16 Å². The van der Waals surface area contributed by atoms with Gasteiger partial charge in [0, 0.05) is 25.4 Å². The van der Waals surface area contributed by atoms with Crippen LogP contribution in [-0.4, -0.2) is 64.9 Å². The van der Waals surface area contributed by atoms with Crippen molar-refractivity contribution in [2.24, 2.45) is 0 Å². The number of aromatic nitrogens is 3. The van der Waals surface area contributed by atoms with Gasteiger partial charge >= 0.3 is 0 Å². The van der Waals surface area contributed by atoms with Crippen molar-refractivity contribution >= 4 is 29.3 Å². The van der Waals surface area contributed by atoms with Crippen molar-refractivity contribution in [1.82, 2.24) is 14.8 Å². The van der Waals surface area contributed by atoms with Crippen LogP contribution in [0.25, 0.3) is 0 Å². The van der Waals surface area contributed by atoms with Gasteiger partial charge in [0.25, 0.3) is 0 Å². The molecule has 1 aromatic carbocycles. The van der Waals surface area contributed by atoms with E-state index in [-0.39, 0.29) is 17.8 Å². The predicted octanol–water partition coefficient (Wildman–Crippen LogP) is 2.86. The summed E-state index contributed by atoms with van der Waals surface area (Å²) < 4.78 is 27.2.